The van der Waals surface area contributed by atoms with Crippen molar-refractivity contribution in [2.45, 2.75) is 32.9 Å². The van der Waals surface area contributed by atoms with Gasteiger partial charge in [0, 0.05) is 19.1 Å². The van der Waals surface area contributed by atoms with Gasteiger partial charge in [-0.1, -0.05) is 26.0 Å². The molecule has 1 atom stereocenters. The Hall–Kier alpha value is -1.39. The highest BCUT2D eigenvalue weighted by molar-refractivity contribution is 5.87. The molecule has 0 aliphatic carbocycles. The fourth-order valence-corrected chi connectivity index (χ4v) is 2.26. The van der Waals surface area contributed by atoms with Crippen molar-refractivity contribution in [1.29, 1.82) is 0 Å². The minimum atomic E-state index is -0.880. The van der Waals surface area contributed by atoms with Gasteiger partial charge in [0.25, 0.3) is 0 Å². The van der Waals surface area contributed by atoms with Crippen LogP contribution in [0.3, 0.4) is 0 Å². The monoisotopic (exact) mass is 278 g/mol. The van der Waals surface area contributed by atoms with Gasteiger partial charge in [0.05, 0.1) is 5.56 Å². The van der Waals surface area contributed by atoms with E-state index in [1.54, 1.807) is 12.1 Å². The average Bonchev–Trinajstić information content (AvgIpc) is 2.35. The standard InChI is InChI=1S/C16H26N2O2/c1-12(2)9-15(11-18(3)4)17-10-13-5-7-14(8-6-13)16(19)20/h5-8,12,15,17H,9-11H2,1-4H3,(H,19,20). The second-order valence-electron chi connectivity index (χ2n) is 5.97. The lowest BCUT2D eigenvalue weighted by molar-refractivity contribution is 0.0697. The first-order valence-electron chi connectivity index (χ1n) is 7.08. The second-order valence-corrected chi connectivity index (χ2v) is 5.97. The maximum Gasteiger partial charge on any atom is 0.335 e. The highest BCUT2D eigenvalue weighted by Gasteiger charge is 2.11. The number of rotatable bonds is 8. The van der Waals surface area contributed by atoms with E-state index in [1.807, 2.05) is 12.1 Å². The third-order valence-corrected chi connectivity index (χ3v) is 3.14. The second kappa shape index (κ2) is 8.02. The van der Waals surface area contributed by atoms with Crippen molar-refractivity contribution in [3.63, 3.8) is 0 Å². The average molecular weight is 278 g/mol. The van der Waals surface area contributed by atoms with Crippen LogP contribution in [0.2, 0.25) is 0 Å². The molecular formula is C16H26N2O2. The molecule has 0 aromatic heterocycles. The Morgan fingerprint density at radius 3 is 2.30 bits per heavy atom. The molecule has 1 aromatic carbocycles. The minimum Gasteiger partial charge on any atom is -0.478 e. The van der Waals surface area contributed by atoms with Crippen molar-refractivity contribution in [3.05, 3.63) is 35.4 Å². The molecule has 0 spiro atoms. The highest BCUT2D eigenvalue weighted by atomic mass is 16.4. The van der Waals surface area contributed by atoms with Crippen LogP contribution in [0.5, 0.6) is 0 Å². The van der Waals surface area contributed by atoms with Crippen molar-refractivity contribution in [2.75, 3.05) is 20.6 Å². The van der Waals surface area contributed by atoms with E-state index in [0.717, 1.165) is 25.1 Å². The Labute approximate surface area is 121 Å². The summed E-state index contributed by atoms with van der Waals surface area (Å²) in [6.45, 7) is 6.23. The van der Waals surface area contributed by atoms with Gasteiger partial charge in [0.2, 0.25) is 0 Å². The molecule has 0 bridgehead atoms. The molecule has 0 aliphatic rings. The molecule has 1 rings (SSSR count). The zero-order chi connectivity index (χ0) is 15.1. The normalized spacial score (nSPS) is 12.9. The van der Waals surface area contributed by atoms with Gasteiger partial charge in [-0.05, 0) is 44.1 Å². The van der Waals surface area contributed by atoms with E-state index in [-0.39, 0.29) is 0 Å². The van der Waals surface area contributed by atoms with E-state index < -0.39 is 5.97 Å². The summed E-state index contributed by atoms with van der Waals surface area (Å²) in [4.78, 5) is 13.0. The van der Waals surface area contributed by atoms with E-state index in [2.05, 4.69) is 38.2 Å². The van der Waals surface area contributed by atoms with Crippen LogP contribution < -0.4 is 5.32 Å². The number of carboxylic acid groups (broad SMARTS) is 1. The van der Waals surface area contributed by atoms with E-state index in [1.165, 1.54) is 0 Å². The first kappa shape index (κ1) is 16.7. The van der Waals surface area contributed by atoms with Gasteiger partial charge in [-0.15, -0.1) is 0 Å². The van der Waals surface area contributed by atoms with Crippen molar-refractivity contribution in [2.24, 2.45) is 5.92 Å². The Balaban J connectivity index is 2.55. The molecule has 0 amide bonds. The zero-order valence-electron chi connectivity index (χ0n) is 12.9. The van der Waals surface area contributed by atoms with Gasteiger partial charge in [-0.25, -0.2) is 4.79 Å². The largest absolute Gasteiger partial charge is 0.478 e. The maximum absolute atomic E-state index is 10.8. The van der Waals surface area contributed by atoms with Crippen LogP contribution in [-0.2, 0) is 6.54 Å². The summed E-state index contributed by atoms with van der Waals surface area (Å²) >= 11 is 0. The third kappa shape index (κ3) is 6.17. The van der Waals surface area contributed by atoms with Gasteiger partial charge >= 0.3 is 5.97 Å². The van der Waals surface area contributed by atoms with Crippen LogP contribution in [0.25, 0.3) is 0 Å². The highest BCUT2D eigenvalue weighted by Crippen LogP contribution is 2.08. The van der Waals surface area contributed by atoms with Crippen LogP contribution in [0, 0.1) is 5.92 Å². The number of hydrogen-bond donors (Lipinski definition) is 2. The van der Waals surface area contributed by atoms with Crippen molar-refractivity contribution >= 4 is 5.97 Å². The third-order valence-electron chi connectivity index (χ3n) is 3.14. The number of benzene rings is 1. The molecule has 0 heterocycles. The van der Waals surface area contributed by atoms with Crippen LogP contribution in [0.15, 0.2) is 24.3 Å². The maximum atomic E-state index is 10.8. The van der Waals surface area contributed by atoms with E-state index in [0.29, 0.717) is 17.5 Å². The van der Waals surface area contributed by atoms with E-state index in [9.17, 15) is 4.79 Å². The first-order valence-corrected chi connectivity index (χ1v) is 7.08. The molecule has 1 unspecified atom stereocenters. The summed E-state index contributed by atoms with van der Waals surface area (Å²) in [5, 5.41) is 12.4. The van der Waals surface area contributed by atoms with Crippen molar-refractivity contribution < 1.29 is 9.90 Å². The Morgan fingerprint density at radius 1 is 1.25 bits per heavy atom. The number of aromatic carboxylic acids is 1. The molecule has 4 nitrogen and oxygen atoms in total. The molecule has 20 heavy (non-hydrogen) atoms. The Morgan fingerprint density at radius 2 is 1.85 bits per heavy atom. The molecule has 0 saturated heterocycles. The SMILES string of the molecule is CC(C)CC(CN(C)C)NCc1ccc(C(=O)O)cc1. The Kier molecular flexibility index (Phi) is 6.68. The van der Waals surface area contributed by atoms with E-state index in [4.69, 9.17) is 5.11 Å². The zero-order valence-corrected chi connectivity index (χ0v) is 12.9. The molecule has 0 saturated carbocycles. The number of hydrogen-bond acceptors (Lipinski definition) is 3. The van der Waals surface area contributed by atoms with E-state index >= 15 is 0 Å². The molecule has 112 valence electrons. The number of likely N-dealkylation sites (N-methyl/N-ethyl adjacent to an activating group) is 1. The smallest absolute Gasteiger partial charge is 0.335 e. The molecule has 0 aliphatic heterocycles. The summed E-state index contributed by atoms with van der Waals surface area (Å²) in [6.07, 6.45) is 1.13. The summed E-state index contributed by atoms with van der Waals surface area (Å²) in [5.41, 5.74) is 1.45. The van der Waals surface area contributed by atoms with Crippen LogP contribution in [-0.4, -0.2) is 42.7 Å². The summed E-state index contributed by atoms with van der Waals surface area (Å²) in [6, 6.07) is 7.51. The summed E-state index contributed by atoms with van der Waals surface area (Å²) < 4.78 is 0. The lowest BCUT2D eigenvalue weighted by Gasteiger charge is -2.24. The fourth-order valence-electron chi connectivity index (χ4n) is 2.26. The fraction of sp³-hybridized carbons (Fsp3) is 0.562. The summed E-state index contributed by atoms with van der Waals surface area (Å²) in [5.74, 6) is -0.225. The molecule has 0 radical (unpaired) electrons. The quantitative estimate of drug-likeness (QED) is 0.767. The number of carboxylic acids is 1. The topological polar surface area (TPSA) is 52.6 Å². The first-order chi connectivity index (χ1) is 9.38. The molecular weight excluding hydrogens is 252 g/mol. The number of nitrogens with one attached hydrogen (secondary N) is 1. The van der Waals surface area contributed by atoms with Gasteiger partial charge in [0.1, 0.15) is 0 Å². The van der Waals surface area contributed by atoms with Gasteiger partial charge in [0.15, 0.2) is 0 Å². The number of carbonyl (C=O) groups is 1. The number of nitrogens with zero attached hydrogens (tertiary/aromatic N) is 1. The molecule has 0 fully saturated rings. The van der Waals surface area contributed by atoms with Crippen molar-refractivity contribution in [3.8, 4) is 0 Å². The lowest BCUT2D eigenvalue weighted by Crippen LogP contribution is -2.38. The summed E-state index contributed by atoms with van der Waals surface area (Å²) in [7, 11) is 4.16. The van der Waals surface area contributed by atoms with Crippen LogP contribution in [0.1, 0.15) is 36.2 Å². The van der Waals surface area contributed by atoms with Crippen LogP contribution in [0.4, 0.5) is 0 Å². The Bertz CT molecular complexity index is 403. The molecule has 2 N–H and O–H groups in total. The minimum absolute atomic E-state index is 0.334. The predicted molar refractivity (Wildman–Crippen MR) is 82.0 cm³/mol. The van der Waals surface area contributed by atoms with Gasteiger partial charge in [-0.2, -0.15) is 0 Å². The molecule has 4 heteroatoms. The van der Waals surface area contributed by atoms with Gasteiger partial charge < -0.3 is 15.3 Å². The predicted octanol–water partition coefficient (Wildman–Crippen LogP) is 2.45. The lowest BCUT2D eigenvalue weighted by atomic mass is 10.0. The molecule has 1 aromatic rings. The van der Waals surface area contributed by atoms with Crippen molar-refractivity contribution in [1.82, 2.24) is 10.2 Å². The van der Waals surface area contributed by atoms with Gasteiger partial charge in [-0.3, -0.25) is 0 Å². The van der Waals surface area contributed by atoms with Crippen LogP contribution >= 0.6 is 0 Å².